The molecule has 0 fully saturated rings. The Morgan fingerprint density at radius 2 is 1.14 bits per heavy atom. The lowest BCUT2D eigenvalue weighted by molar-refractivity contribution is 1.10. The zero-order valence-corrected chi connectivity index (χ0v) is 23.1. The predicted molar refractivity (Wildman–Crippen MR) is 178 cm³/mol. The molecule has 6 aromatic carbocycles. The molecule has 0 saturated carbocycles. The van der Waals surface area contributed by atoms with E-state index in [0.29, 0.717) is 0 Å². The van der Waals surface area contributed by atoms with Crippen LogP contribution in [-0.4, -0.2) is 19.5 Å². The second-order valence-corrected chi connectivity index (χ2v) is 10.9. The first kappa shape index (κ1) is 23.8. The van der Waals surface area contributed by atoms with Gasteiger partial charge in [0.15, 0.2) is 0 Å². The van der Waals surface area contributed by atoms with Gasteiger partial charge in [0.1, 0.15) is 5.82 Å². The molecule has 0 spiro atoms. The molecule has 0 unspecified atom stereocenters. The summed E-state index contributed by atoms with van der Waals surface area (Å²) in [7, 11) is 0. The fourth-order valence-electron chi connectivity index (χ4n) is 6.36. The first-order chi connectivity index (χ1) is 21.3. The van der Waals surface area contributed by atoms with Crippen molar-refractivity contribution >= 4 is 54.4 Å². The van der Waals surface area contributed by atoms with Crippen LogP contribution in [0.1, 0.15) is 0 Å². The van der Waals surface area contributed by atoms with Crippen LogP contribution in [0.4, 0.5) is 0 Å². The molecule has 200 valence electrons. The standard InChI is InChI=1S/C39H24N4/c1-2-11-29(12-3-1)43-36-15-7-6-14-35(36)42-39(43)26-18-16-25(17-19-26)34-21-20-31-30-13-8-22-40-37(30)32-23-27-9-4-5-10-28(27)24-33(32)38(31)41-34/h1-24H. The lowest BCUT2D eigenvalue weighted by atomic mass is 9.96. The minimum Gasteiger partial charge on any atom is -0.292 e. The normalized spacial score (nSPS) is 11.7. The summed E-state index contributed by atoms with van der Waals surface area (Å²) in [4.78, 5) is 15.1. The molecule has 4 nitrogen and oxygen atoms in total. The van der Waals surface area contributed by atoms with Crippen LogP contribution in [-0.2, 0) is 0 Å². The van der Waals surface area contributed by atoms with Gasteiger partial charge in [-0.25, -0.2) is 9.97 Å². The molecule has 0 aliphatic carbocycles. The Hall–Kier alpha value is -5.87. The van der Waals surface area contributed by atoms with Crippen molar-refractivity contribution in [2.45, 2.75) is 0 Å². The average Bonchev–Trinajstić information content (AvgIpc) is 3.48. The number of rotatable bonds is 3. The third-order valence-electron chi connectivity index (χ3n) is 8.40. The van der Waals surface area contributed by atoms with Gasteiger partial charge in [-0.2, -0.15) is 0 Å². The molecule has 0 radical (unpaired) electrons. The second-order valence-electron chi connectivity index (χ2n) is 10.9. The van der Waals surface area contributed by atoms with Crippen molar-refractivity contribution in [3.05, 3.63) is 146 Å². The highest BCUT2D eigenvalue weighted by Crippen LogP contribution is 2.37. The lowest BCUT2D eigenvalue weighted by Gasteiger charge is -2.12. The summed E-state index contributed by atoms with van der Waals surface area (Å²) in [6.07, 6.45) is 1.87. The molecule has 0 N–H and O–H groups in total. The van der Waals surface area contributed by atoms with Crippen LogP contribution in [0.3, 0.4) is 0 Å². The number of benzene rings is 6. The van der Waals surface area contributed by atoms with Crippen molar-refractivity contribution in [3.8, 4) is 28.3 Å². The summed E-state index contributed by atoms with van der Waals surface area (Å²) in [5.41, 5.74) is 8.21. The maximum Gasteiger partial charge on any atom is 0.145 e. The van der Waals surface area contributed by atoms with Crippen LogP contribution < -0.4 is 0 Å². The Bertz CT molecular complexity index is 2490. The summed E-state index contributed by atoms with van der Waals surface area (Å²) in [5, 5.41) is 6.88. The molecule has 4 heteroatoms. The highest BCUT2D eigenvalue weighted by Gasteiger charge is 2.16. The summed E-state index contributed by atoms with van der Waals surface area (Å²) in [6.45, 7) is 0. The Labute approximate surface area is 247 Å². The van der Waals surface area contributed by atoms with Gasteiger partial charge in [-0.05, 0) is 65.4 Å². The van der Waals surface area contributed by atoms with Crippen LogP contribution in [0.5, 0.6) is 0 Å². The number of hydrogen-bond acceptors (Lipinski definition) is 3. The van der Waals surface area contributed by atoms with E-state index in [1.807, 2.05) is 24.4 Å². The minimum atomic E-state index is 0.919. The summed E-state index contributed by atoms with van der Waals surface area (Å²) >= 11 is 0. The lowest BCUT2D eigenvalue weighted by Crippen LogP contribution is -1.97. The quantitative estimate of drug-likeness (QED) is 0.163. The summed E-state index contributed by atoms with van der Waals surface area (Å²) in [5.74, 6) is 0.919. The molecular formula is C39H24N4. The molecule has 0 bridgehead atoms. The Morgan fingerprint density at radius 3 is 1.95 bits per heavy atom. The van der Waals surface area contributed by atoms with Crippen LogP contribution >= 0.6 is 0 Å². The predicted octanol–water partition coefficient (Wildman–Crippen LogP) is 9.76. The van der Waals surface area contributed by atoms with E-state index < -0.39 is 0 Å². The molecule has 3 heterocycles. The van der Waals surface area contributed by atoms with E-state index in [1.54, 1.807) is 0 Å². The SMILES string of the molecule is c1ccc(-n2c(-c3ccc(-c4ccc5c6cccnc6c6cc7ccccc7cc6c5n4)cc3)nc3ccccc32)cc1. The molecular weight excluding hydrogens is 524 g/mol. The largest absolute Gasteiger partial charge is 0.292 e. The van der Waals surface area contributed by atoms with Crippen LogP contribution in [0.2, 0.25) is 0 Å². The van der Waals surface area contributed by atoms with Crippen molar-refractivity contribution in [1.29, 1.82) is 0 Å². The van der Waals surface area contributed by atoms with Gasteiger partial charge in [-0.1, -0.05) is 84.9 Å². The number of pyridine rings is 2. The average molecular weight is 549 g/mol. The first-order valence-corrected chi connectivity index (χ1v) is 14.5. The van der Waals surface area contributed by atoms with Crippen molar-refractivity contribution in [1.82, 2.24) is 19.5 Å². The molecule has 0 amide bonds. The summed E-state index contributed by atoms with van der Waals surface area (Å²) < 4.78 is 2.23. The molecule has 0 aliphatic heterocycles. The highest BCUT2D eigenvalue weighted by atomic mass is 15.1. The van der Waals surface area contributed by atoms with Crippen molar-refractivity contribution < 1.29 is 0 Å². The van der Waals surface area contributed by atoms with E-state index in [0.717, 1.165) is 71.9 Å². The topological polar surface area (TPSA) is 43.6 Å². The van der Waals surface area contributed by atoms with E-state index in [4.69, 9.17) is 15.0 Å². The number of para-hydroxylation sites is 3. The second kappa shape index (κ2) is 9.33. The van der Waals surface area contributed by atoms with Crippen LogP contribution in [0.15, 0.2) is 146 Å². The minimum absolute atomic E-state index is 0.919. The zero-order valence-electron chi connectivity index (χ0n) is 23.1. The highest BCUT2D eigenvalue weighted by molar-refractivity contribution is 6.25. The Balaban J connectivity index is 1.22. The van der Waals surface area contributed by atoms with E-state index in [-0.39, 0.29) is 0 Å². The van der Waals surface area contributed by atoms with Crippen molar-refractivity contribution in [2.75, 3.05) is 0 Å². The number of fused-ring (bicyclic) bond motifs is 8. The van der Waals surface area contributed by atoms with Gasteiger partial charge in [0.25, 0.3) is 0 Å². The van der Waals surface area contributed by atoms with E-state index >= 15 is 0 Å². The van der Waals surface area contributed by atoms with E-state index in [2.05, 4.69) is 126 Å². The van der Waals surface area contributed by atoms with Gasteiger partial charge < -0.3 is 0 Å². The molecule has 3 aromatic heterocycles. The fourth-order valence-corrected chi connectivity index (χ4v) is 6.36. The van der Waals surface area contributed by atoms with E-state index in [1.165, 1.54) is 10.8 Å². The van der Waals surface area contributed by atoms with Crippen LogP contribution in [0.25, 0.3) is 82.7 Å². The van der Waals surface area contributed by atoms with Crippen LogP contribution in [0, 0.1) is 0 Å². The number of imidazole rings is 1. The third-order valence-corrected chi connectivity index (χ3v) is 8.40. The van der Waals surface area contributed by atoms with Gasteiger partial charge in [0.2, 0.25) is 0 Å². The van der Waals surface area contributed by atoms with Gasteiger partial charge in [-0.15, -0.1) is 0 Å². The maximum atomic E-state index is 5.28. The van der Waals surface area contributed by atoms with Gasteiger partial charge >= 0.3 is 0 Å². The Kier molecular flexibility index (Phi) is 5.16. The van der Waals surface area contributed by atoms with Crippen molar-refractivity contribution in [2.24, 2.45) is 0 Å². The Morgan fingerprint density at radius 1 is 0.465 bits per heavy atom. The first-order valence-electron chi connectivity index (χ1n) is 14.5. The number of aromatic nitrogens is 4. The smallest absolute Gasteiger partial charge is 0.145 e. The molecule has 9 aromatic rings. The summed E-state index contributed by atoms with van der Waals surface area (Å²) in [6, 6.07) is 48.8. The molecule has 0 atom stereocenters. The number of nitrogens with zero attached hydrogens (tertiary/aromatic N) is 4. The monoisotopic (exact) mass is 548 g/mol. The van der Waals surface area contributed by atoms with Gasteiger partial charge in [-0.3, -0.25) is 9.55 Å². The van der Waals surface area contributed by atoms with E-state index in [9.17, 15) is 0 Å². The molecule has 43 heavy (non-hydrogen) atoms. The van der Waals surface area contributed by atoms with Gasteiger partial charge in [0.05, 0.1) is 27.8 Å². The number of hydrogen-bond donors (Lipinski definition) is 0. The molecule has 9 rings (SSSR count). The fraction of sp³-hybridized carbons (Fsp3) is 0. The zero-order chi connectivity index (χ0) is 28.3. The van der Waals surface area contributed by atoms with Gasteiger partial charge in [0, 0.05) is 44.6 Å². The molecule has 0 aliphatic rings. The maximum absolute atomic E-state index is 5.28. The molecule has 0 saturated heterocycles. The van der Waals surface area contributed by atoms with Crippen molar-refractivity contribution in [3.63, 3.8) is 0 Å². The third kappa shape index (κ3) is 3.74.